The average Bonchev–Trinajstić information content (AvgIpc) is 3.21. The van der Waals surface area contributed by atoms with E-state index >= 15 is 0 Å². The van der Waals surface area contributed by atoms with Gasteiger partial charge < -0.3 is 14.2 Å². The van der Waals surface area contributed by atoms with Crippen LogP contribution in [0.2, 0.25) is 0 Å². The smallest absolute Gasteiger partial charge is 0.309 e. The third-order valence-electron chi connectivity index (χ3n) is 5.37. The molecule has 3 rings (SSSR count). The molecule has 0 unspecified atom stereocenters. The molecule has 1 aromatic heterocycles. The molecule has 1 aliphatic rings. The van der Waals surface area contributed by atoms with Crippen molar-refractivity contribution in [2.75, 3.05) is 19.7 Å². The highest BCUT2D eigenvalue weighted by Crippen LogP contribution is 2.27. The number of nitrogens with zero attached hydrogens (tertiary/aromatic N) is 2. The zero-order valence-electron chi connectivity index (χ0n) is 16.1. The predicted molar refractivity (Wildman–Crippen MR) is 104 cm³/mol. The molecule has 1 amide bonds. The number of rotatable bonds is 6. The summed E-state index contributed by atoms with van der Waals surface area (Å²) in [5, 5.41) is 0. The standard InChI is InChI=1S/C22H28N2O3/c1-3-27-22(26)18-10-14-24(15-11-18)21(25)16-20(23-12-6-7-13-23)19-9-5-4-8-17(19)2/h4-9,12-13,18,20H,3,10-11,14-16H2,1-2H3/t20-/m0/s1. The number of benzene rings is 1. The number of esters is 1. The first-order valence-corrected chi connectivity index (χ1v) is 9.72. The van der Waals surface area contributed by atoms with Crippen molar-refractivity contribution in [3.8, 4) is 0 Å². The maximum Gasteiger partial charge on any atom is 0.309 e. The number of piperidine rings is 1. The molecule has 27 heavy (non-hydrogen) atoms. The van der Waals surface area contributed by atoms with E-state index in [0.717, 1.165) is 0 Å². The molecule has 144 valence electrons. The van der Waals surface area contributed by atoms with Crippen LogP contribution in [0.1, 0.15) is 43.4 Å². The molecule has 0 radical (unpaired) electrons. The lowest BCUT2D eigenvalue weighted by Crippen LogP contribution is -2.41. The van der Waals surface area contributed by atoms with Crippen LogP contribution in [0.5, 0.6) is 0 Å². The Morgan fingerprint density at radius 2 is 1.78 bits per heavy atom. The van der Waals surface area contributed by atoms with Crippen LogP contribution in [0.4, 0.5) is 0 Å². The van der Waals surface area contributed by atoms with Crippen molar-refractivity contribution in [3.63, 3.8) is 0 Å². The van der Waals surface area contributed by atoms with E-state index in [1.807, 2.05) is 48.5 Å². The van der Waals surface area contributed by atoms with Gasteiger partial charge in [0, 0.05) is 25.5 Å². The lowest BCUT2D eigenvalue weighted by Gasteiger charge is -2.32. The minimum Gasteiger partial charge on any atom is -0.466 e. The summed E-state index contributed by atoms with van der Waals surface area (Å²) in [7, 11) is 0. The van der Waals surface area contributed by atoms with Crippen LogP contribution in [0.25, 0.3) is 0 Å². The van der Waals surface area contributed by atoms with Crippen LogP contribution in [0, 0.1) is 12.8 Å². The fraction of sp³-hybridized carbons (Fsp3) is 0.455. The third-order valence-corrected chi connectivity index (χ3v) is 5.37. The van der Waals surface area contributed by atoms with Crippen LogP contribution < -0.4 is 0 Å². The highest BCUT2D eigenvalue weighted by Gasteiger charge is 2.29. The first-order chi connectivity index (χ1) is 13.1. The minimum atomic E-state index is -0.130. The van der Waals surface area contributed by atoms with Gasteiger partial charge in [0.05, 0.1) is 25.0 Å². The lowest BCUT2D eigenvalue weighted by molar-refractivity contribution is -0.151. The molecular formula is C22H28N2O3. The summed E-state index contributed by atoms with van der Waals surface area (Å²) in [6.07, 6.45) is 5.81. The molecule has 0 spiro atoms. The van der Waals surface area contributed by atoms with Crippen molar-refractivity contribution in [2.24, 2.45) is 5.92 Å². The largest absolute Gasteiger partial charge is 0.466 e. The number of carbonyl (C=O) groups is 2. The number of hydrogen-bond acceptors (Lipinski definition) is 3. The summed E-state index contributed by atoms with van der Waals surface area (Å²) in [6, 6.07) is 12.2. The number of aromatic nitrogens is 1. The van der Waals surface area contributed by atoms with E-state index in [-0.39, 0.29) is 23.8 Å². The van der Waals surface area contributed by atoms with Gasteiger partial charge in [0.1, 0.15) is 0 Å². The van der Waals surface area contributed by atoms with Crippen LogP contribution in [0.15, 0.2) is 48.8 Å². The fourth-order valence-corrected chi connectivity index (χ4v) is 3.81. The maximum atomic E-state index is 13.0. The Morgan fingerprint density at radius 3 is 2.41 bits per heavy atom. The zero-order chi connectivity index (χ0) is 19.2. The summed E-state index contributed by atoms with van der Waals surface area (Å²) in [4.78, 5) is 26.8. The van der Waals surface area contributed by atoms with E-state index in [1.54, 1.807) is 0 Å². The molecule has 1 saturated heterocycles. The van der Waals surface area contributed by atoms with Gasteiger partial charge in [-0.1, -0.05) is 24.3 Å². The zero-order valence-corrected chi connectivity index (χ0v) is 16.1. The van der Waals surface area contributed by atoms with E-state index in [9.17, 15) is 9.59 Å². The quantitative estimate of drug-likeness (QED) is 0.733. The van der Waals surface area contributed by atoms with E-state index in [4.69, 9.17) is 4.74 Å². The van der Waals surface area contributed by atoms with E-state index < -0.39 is 0 Å². The second-order valence-electron chi connectivity index (χ2n) is 7.11. The Morgan fingerprint density at radius 1 is 1.11 bits per heavy atom. The van der Waals surface area contributed by atoms with Gasteiger partial charge in [-0.25, -0.2) is 0 Å². The predicted octanol–water partition coefficient (Wildman–Crippen LogP) is 3.58. The van der Waals surface area contributed by atoms with Crippen molar-refractivity contribution in [1.29, 1.82) is 0 Å². The molecule has 2 heterocycles. The van der Waals surface area contributed by atoms with Crippen LogP contribution in [0.3, 0.4) is 0 Å². The third kappa shape index (κ3) is 4.59. The Balaban J connectivity index is 1.68. The molecule has 0 bridgehead atoms. The maximum absolute atomic E-state index is 13.0. The second kappa shape index (κ2) is 8.89. The molecule has 0 N–H and O–H groups in total. The Hall–Kier alpha value is -2.56. The highest BCUT2D eigenvalue weighted by molar-refractivity contribution is 5.78. The second-order valence-corrected chi connectivity index (χ2v) is 7.11. The molecule has 1 aliphatic heterocycles. The normalized spacial score (nSPS) is 16.1. The van der Waals surface area contributed by atoms with Crippen molar-refractivity contribution in [3.05, 3.63) is 59.9 Å². The van der Waals surface area contributed by atoms with Gasteiger partial charge in [0.25, 0.3) is 0 Å². The highest BCUT2D eigenvalue weighted by atomic mass is 16.5. The van der Waals surface area contributed by atoms with E-state index in [1.165, 1.54) is 11.1 Å². The lowest BCUT2D eigenvalue weighted by atomic mass is 9.95. The number of likely N-dealkylation sites (tertiary alicyclic amines) is 1. The topological polar surface area (TPSA) is 51.5 Å². The summed E-state index contributed by atoms with van der Waals surface area (Å²) in [5.41, 5.74) is 2.36. The van der Waals surface area contributed by atoms with E-state index in [2.05, 4.69) is 23.6 Å². The van der Waals surface area contributed by atoms with Gasteiger partial charge in [-0.3, -0.25) is 9.59 Å². The van der Waals surface area contributed by atoms with Crippen molar-refractivity contribution < 1.29 is 14.3 Å². The average molecular weight is 368 g/mol. The number of amides is 1. The molecule has 0 saturated carbocycles. The number of ether oxygens (including phenoxy) is 1. The molecule has 1 aromatic carbocycles. The SMILES string of the molecule is CCOC(=O)C1CCN(C(=O)C[C@@H](c2ccccc2C)n2cccc2)CC1. The Kier molecular flexibility index (Phi) is 6.32. The van der Waals surface area contributed by atoms with Gasteiger partial charge in [0.2, 0.25) is 5.91 Å². The van der Waals surface area contributed by atoms with Crippen molar-refractivity contribution >= 4 is 11.9 Å². The first kappa shape index (κ1) is 19.2. The minimum absolute atomic E-state index is 0.0171. The molecule has 0 aliphatic carbocycles. The van der Waals surface area contributed by atoms with Crippen molar-refractivity contribution in [2.45, 2.75) is 39.2 Å². The van der Waals surface area contributed by atoms with Crippen LogP contribution in [-0.4, -0.2) is 41.0 Å². The van der Waals surface area contributed by atoms with Gasteiger partial charge in [0.15, 0.2) is 0 Å². The molecule has 1 fully saturated rings. The Labute approximate surface area is 160 Å². The van der Waals surface area contributed by atoms with Gasteiger partial charge in [-0.05, 0) is 49.9 Å². The fourth-order valence-electron chi connectivity index (χ4n) is 3.81. The Bertz CT molecular complexity index is 762. The van der Waals surface area contributed by atoms with Crippen LogP contribution in [-0.2, 0) is 14.3 Å². The number of hydrogen-bond donors (Lipinski definition) is 0. The summed E-state index contributed by atoms with van der Waals surface area (Å²) < 4.78 is 7.22. The monoisotopic (exact) mass is 368 g/mol. The first-order valence-electron chi connectivity index (χ1n) is 9.72. The number of carbonyl (C=O) groups excluding carboxylic acids is 2. The van der Waals surface area contributed by atoms with Crippen LogP contribution >= 0.6 is 0 Å². The summed E-state index contributed by atoms with van der Waals surface area (Å²) >= 11 is 0. The van der Waals surface area contributed by atoms with Gasteiger partial charge in [-0.2, -0.15) is 0 Å². The molecule has 5 heteroatoms. The molecule has 2 aromatic rings. The van der Waals surface area contributed by atoms with Crippen molar-refractivity contribution in [1.82, 2.24) is 9.47 Å². The number of aryl methyl sites for hydroxylation is 1. The molecular weight excluding hydrogens is 340 g/mol. The van der Waals surface area contributed by atoms with E-state index in [0.29, 0.717) is 39.0 Å². The van der Waals surface area contributed by atoms with Gasteiger partial charge >= 0.3 is 5.97 Å². The molecule has 1 atom stereocenters. The summed E-state index contributed by atoms with van der Waals surface area (Å²) in [6.45, 7) is 5.56. The van der Waals surface area contributed by atoms with Gasteiger partial charge in [-0.15, -0.1) is 0 Å². The molecule has 5 nitrogen and oxygen atoms in total. The summed E-state index contributed by atoms with van der Waals surface area (Å²) in [5.74, 6) is -0.0698.